The maximum absolute atomic E-state index is 12.7. The van der Waals surface area contributed by atoms with Gasteiger partial charge in [-0.05, 0) is 37.3 Å². The second kappa shape index (κ2) is 6.41. The minimum absolute atomic E-state index is 0.337. The molecule has 0 aliphatic rings. The fourth-order valence-corrected chi connectivity index (χ4v) is 2.80. The van der Waals surface area contributed by atoms with Crippen LogP contribution in [0.2, 0.25) is 0 Å². The van der Waals surface area contributed by atoms with Crippen molar-refractivity contribution in [1.82, 2.24) is 19.7 Å². The van der Waals surface area contributed by atoms with Crippen molar-refractivity contribution < 1.29 is 4.79 Å². The first-order valence-electron chi connectivity index (χ1n) is 8.21. The molecule has 2 aromatic carbocycles. The van der Waals surface area contributed by atoms with Crippen molar-refractivity contribution in [3.63, 3.8) is 0 Å². The summed E-state index contributed by atoms with van der Waals surface area (Å²) in [4.78, 5) is 40.5. The van der Waals surface area contributed by atoms with Crippen LogP contribution in [-0.4, -0.2) is 25.7 Å². The lowest BCUT2D eigenvalue weighted by molar-refractivity contribution is 0.102. The maximum Gasteiger partial charge on any atom is 0.314 e. The highest BCUT2D eigenvalue weighted by Gasteiger charge is 2.13. The molecule has 0 saturated heterocycles. The Hall–Kier alpha value is -3.94. The molecule has 0 radical (unpaired) electrons. The lowest BCUT2D eigenvalue weighted by Crippen LogP contribution is -2.29. The smallest absolute Gasteiger partial charge is 0.314 e. The number of hydrogen-bond donors (Lipinski definition) is 3. The number of nitrogens with zero attached hydrogens (tertiary/aromatic N) is 2. The first kappa shape index (κ1) is 16.5. The van der Waals surface area contributed by atoms with Crippen LogP contribution in [0.3, 0.4) is 0 Å². The normalized spacial score (nSPS) is 10.9. The van der Waals surface area contributed by atoms with Gasteiger partial charge in [0.2, 0.25) is 0 Å². The Labute approximate surface area is 152 Å². The number of carbonyl (C=O) groups is 1. The van der Waals surface area contributed by atoms with Crippen LogP contribution in [0.4, 0.5) is 5.82 Å². The second-order valence-electron chi connectivity index (χ2n) is 6.04. The van der Waals surface area contributed by atoms with E-state index in [2.05, 4.69) is 20.4 Å². The summed E-state index contributed by atoms with van der Waals surface area (Å²) >= 11 is 0. The number of aryl methyl sites for hydroxylation is 1. The lowest BCUT2D eigenvalue weighted by Gasteiger charge is -2.09. The predicted octanol–water partition coefficient (Wildman–Crippen LogP) is 1.96. The van der Waals surface area contributed by atoms with Gasteiger partial charge in [0.25, 0.3) is 5.91 Å². The largest absolute Gasteiger partial charge is 0.316 e. The van der Waals surface area contributed by atoms with E-state index in [-0.39, 0.29) is 5.91 Å². The fourth-order valence-electron chi connectivity index (χ4n) is 2.80. The summed E-state index contributed by atoms with van der Waals surface area (Å²) in [7, 11) is 0. The number of aromatic nitrogens is 4. The standard InChI is InChI=1S/C19H15N5O3/c1-11-9-16(24(23-11)13-5-3-2-4-6-13)22-17(25)12-7-8-14-15(10-12)21-19(27)18(26)20-14/h2-10H,1H3,(H,20,26)(H,21,27)(H,22,25). The number of para-hydroxylation sites is 1. The molecule has 4 aromatic rings. The van der Waals surface area contributed by atoms with Gasteiger partial charge in [-0.1, -0.05) is 18.2 Å². The van der Waals surface area contributed by atoms with E-state index in [1.165, 1.54) is 6.07 Å². The van der Waals surface area contributed by atoms with Gasteiger partial charge in [0, 0.05) is 11.6 Å². The molecule has 1 amide bonds. The van der Waals surface area contributed by atoms with Crippen LogP contribution in [0.1, 0.15) is 16.1 Å². The minimum Gasteiger partial charge on any atom is -0.316 e. The highest BCUT2D eigenvalue weighted by Crippen LogP contribution is 2.18. The molecule has 27 heavy (non-hydrogen) atoms. The molecular formula is C19H15N5O3. The lowest BCUT2D eigenvalue weighted by atomic mass is 10.2. The summed E-state index contributed by atoms with van der Waals surface area (Å²) in [6, 6.07) is 15.9. The van der Waals surface area contributed by atoms with Gasteiger partial charge in [-0.25, -0.2) is 4.68 Å². The average molecular weight is 361 g/mol. The Morgan fingerprint density at radius 1 is 0.963 bits per heavy atom. The molecule has 0 unspecified atom stereocenters. The summed E-state index contributed by atoms with van der Waals surface area (Å²) in [5, 5.41) is 7.25. The SMILES string of the molecule is Cc1cc(NC(=O)c2ccc3[nH]c(=O)c(=O)[nH]c3c2)n(-c2ccccc2)n1. The van der Waals surface area contributed by atoms with Crippen LogP contribution in [0, 0.1) is 6.92 Å². The number of benzene rings is 2. The molecule has 134 valence electrons. The Balaban J connectivity index is 1.69. The first-order valence-corrected chi connectivity index (χ1v) is 8.21. The van der Waals surface area contributed by atoms with Crippen molar-refractivity contribution in [3.8, 4) is 5.69 Å². The zero-order chi connectivity index (χ0) is 19.0. The molecule has 8 nitrogen and oxygen atoms in total. The summed E-state index contributed by atoms with van der Waals surface area (Å²) in [5.41, 5.74) is 1.24. The zero-order valence-electron chi connectivity index (χ0n) is 14.3. The molecule has 3 N–H and O–H groups in total. The van der Waals surface area contributed by atoms with Crippen molar-refractivity contribution >= 4 is 22.8 Å². The van der Waals surface area contributed by atoms with Crippen molar-refractivity contribution in [1.29, 1.82) is 0 Å². The highest BCUT2D eigenvalue weighted by molar-refractivity contribution is 6.05. The second-order valence-corrected chi connectivity index (χ2v) is 6.04. The van der Waals surface area contributed by atoms with Gasteiger partial charge in [0.1, 0.15) is 5.82 Å². The third-order valence-electron chi connectivity index (χ3n) is 4.06. The van der Waals surface area contributed by atoms with Crippen LogP contribution >= 0.6 is 0 Å². The number of carbonyl (C=O) groups excluding carboxylic acids is 1. The van der Waals surface area contributed by atoms with E-state index in [9.17, 15) is 14.4 Å². The van der Waals surface area contributed by atoms with Crippen molar-refractivity contribution in [2.24, 2.45) is 0 Å². The van der Waals surface area contributed by atoms with Gasteiger partial charge in [0.15, 0.2) is 0 Å². The van der Waals surface area contributed by atoms with Crippen molar-refractivity contribution in [2.45, 2.75) is 6.92 Å². The van der Waals surface area contributed by atoms with Crippen LogP contribution in [-0.2, 0) is 0 Å². The quantitative estimate of drug-likeness (QED) is 0.484. The van der Waals surface area contributed by atoms with E-state index < -0.39 is 11.1 Å². The molecule has 4 rings (SSSR count). The summed E-state index contributed by atoms with van der Waals surface area (Å²) in [5.74, 6) is 0.166. The number of rotatable bonds is 3. The van der Waals surface area contributed by atoms with E-state index in [4.69, 9.17) is 0 Å². The highest BCUT2D eigenvalue weighted by atomic mass is 16.2. The molecule has 2 heterocycles. The molecule has 8 heteroatoms. The number of hydrogen-bond acceptors (Lipinski definition) is 4. The molecule has 0 spiro atoms. The number of fused-ring (bicyclic) bond motifs is 1. The third kappa shape index (κ3) is 3.15. The number of amides is 1. The van der Waals surface area contributed by atoms with Gasteiger partial charge in [-0.2, -0.15) is 5.10 Å². The van der Waals surface area contributed by atoms with Gasteiger partial charge >= 0.3 is 11.1 Å². The molecular weight excluding hydrogens is 346 g/mol. The molecule has 0 saturated carbocycles. The van der Waals surface area contributed by atoms with E-state index in [0.717, 1.165) is 11.4 Å². The molecule has 0 fully saturated rings. The van der Waals surface area contributed by atoms with E-state index >= 15 is 0 Å². The topological polar surface area (TPSA) is 113 Å². The van der Waals surface area contributed by atoms with Crippen LogP contribution in [0.25, 0.3) is 16.7 Å². The molecule has 0 atom stereocenters. The Morgan fingerprint density at radius 3 is 2.41 bits per heavy atom. The third-order valence-corrected chi connectivity index (χ3v) is 4.06. The summed E-state index contributed by atoms with van der Waals surface area (Å²) in [6.45, 7) is 1.84. The maximum atomic E-state index is 12.7. The monoisotopic (exact) mass is 361 g/mol. The van der Waals surface area contributed by atoms with Gasteiger partial charge < -0.3 is 15.3 Å². The van der Waals surface area contributed by atoms with Crippen molar-refractivity contribution in [2.75, 3.05) is 5.32 Å². The van der Waals surface area contributed by atoms with Crippen LogP contribution < -0.4 is 16.4 Å². The number of anilines is 1. The molecule has 0 bridgehead atoms. The number of nitrogens with one attached hydrogen (secondary N) is 3. The molecule has 0 aliphatic carbocycles. The van der Waals surface area contributed by atoms with E-state index in [0.29, 0.717) is 22.4 Å². The van der Waals surface area contributed by atoms with Crippen LogP contribution in [0.15, 0.2) is 64.2 Å². The van der Waals surface area contributed by atoms with Crippen molar-refractivity contribution in [3.05, 3.63) is 86.6 Å². The Bertz CT molecular complexity index is 1270. The fraction of sp³-hybridized carbons (Fsp3) is 0.0526. The average Bonchev–Trinajstić information content (AvgIpc) is 3.03. The minimum atomic E-state index is -0.766. The van der Waals surface area contributed by atoms with Crippen LogP contribution in [0.5, 0.6) is 0 Å². The van der Waals surface area contributed by atoms with E-state index in [1.807, 2.05) is 37.3 Å². The van der Waals surface area contributed by atoms with Gasteiger partial charge in [0.05, 0.1) is 22.4 Å². The number of H-pyrrole nitrogens is 2. The molecule has 0 aliphatic heterocycles. The Morgan fingerprint density at radius 2 is 1.67 bits per heavy atom. The zero-order valence-corrected chi connectivity index (χ0v) is 14.3. The summed E-state index contributed by atoms with van der Waals surface area (Å²) < 4.78 is 1.65. The molecule has 2 aromatic heterocycles. The first-order chi connectivity index (χ1) is 13.0. The van der Waals surface area contributed by atoms with Gasteiger partial charge in [-0.3, -0.25) is 14.4 Å². The summed E-state index contributed by atoms with van der Waals surface area (Å²) in [6.07, 6.45) is 0. The number of aromatic amines is 2. The predicted molar refractivity (Wildman–Crippen MR) is 101 cm³/mol. The Kier molecular flexibility index (Phi) is 3.92. The van der Waals surface area contributed by atoms with E-state index in [1.54, 1.807) is 22.9 Å². The van der Waals surface area contributed by atoms with Gasteiger partial charge in [-0.15, -0.1) is 0 Å².